The third-order valence-electron chi connectivity index (χ3n) is 3.25. The van der Waals surface area contributed by atoms with Crippen molar-refractivity contribution in [2.75, 3.05) is 4.72 Å². The average Bonchev–Trinajstić information content (AvgIpc) is 3.14. The van der Waals surface area contributed by atoms with E-state index in [0.29, 0.717) is 5.75 Å². The smallest absolute Gasteiger partial charge is 0.263 e. The van der Waals surface area contributed by atoms with Crippen LogP contribution in [0.4, 0.5) is 5.13 Å². The van der Waals surface area contributed by atoms with Crippen LogP contribution in [0.2, 0.25) is 5.02 Å². The summed E-state index contributed by atoms with van der Waals surface area (Å²) < 4.78 is 36.4. The molecule has 0 atom stereocenters. The van der Waals surface area contributed by atoms with Crippen LogP contribution in [0.25, 0.3) is 0 Å². The molecule has 134 valence electrons. The van der Waals surface area contributed by atoms with E-state index in [1.54, 1.807) is 0 Å². The fourth-order valence-electron chi connectivity index (χ4n) is 2.02. The van der Waals surface area contributed by atoms with Gasteiger partial charge in [0.15, 0.2) is 0 Å². The number of sulfonamides is 1. The van der Waals surface area contributed by atoms with Crippen LogP contribution in [0.5, 0.6) is 11.5 Å². The lowest BCUT2D eigenvalue weighted by Gasteiger charge is -2.10. The molecule has 3 aromatic rings. The van der Waals surface area contributed by atoms with Crippen LogP contribution in [-0.2, 0) is 10.0 Å². The minimum atomic E-state index is -3.93. The van der Waals surface area contributed by atoms with Crippen molar-refractivity contribution in [2.45, 2.75) is 4.90 Å². The van der Waals surface area contributed by atoms with Gasteiger partial charge in [-0.05, 0) is 30.3 Å². The summed E-state index contributed by atoms with van der Waals surface area (Å²) >= 11 is 6.84. The van der Waals surface area contributed by atoms with E-state index in [0.717, 1.165) is 11.5 Å². The van der Waals surface area contributed by atoms with E-state index in [2.05, 4.69) is 14.1 Å². The molecule has 8 nitrogen and oxygen atoms in total. The van der Waals surface area contributed by atoms with Gasteiger partial charge in [0.25, 0.3) is 10.0 Å². The van der Waals surface area contributed by atoms with Gasteiger partial charge in [-0.2, -0.15) is 14.9 Å². The molecule has 1 heterocycles. The van der Waals surface area contributed by atoms with Gasteiger partial charge >= 0.3 is 0 Å². The summed E-state index contributed by atoms with van der Waals surface area (Å²) in [6, 6.07) is 12.1. The number of rotatable bonds is 5. The van der Waals surface area contributed by atoms with Gasteiger partial charge in [-0.15, -0.1) is 0 Å². The maximum absolute atomic E-state index is 12.4. The van der Waals surface area contributed by atoms with Gasteiger partial charge in [-0.3, -0.25) is 4.72 Å². The quantitative estimate of drug-likeness (QED) is 0.672. The van der Waals surface area contributed by atoms with Crippen molar-refractivity contribution < 1.29 is 13.2 Å². The number of benzene rings is 2. The molecule has 0 radical (unpaired) electrons. The van der Waals surface area contributed by atoms with E-state index in [4.69, 9.17) is 21.6 Å². The number of nitriles is 2. The summed E-state index contributed by atoms with van der Waals surface area (Å²) in [7, 11) is -3.93. The van der Waals surface area contributed by atoms with Crippen LogP contribution in [0, 0.1) is 22.7 Å². The van der Waals surface area contributed by atoms with Crippen molar-refractivity contribution in [3.05, 3.63) is 58.9 Å². The summed E-state index contributed by atoms with van der Waals surface area (Å²) in [4.78, 5) is 3.63. The first-order chi connectivity index (χ1) is 12.9. The number of nitrogens with zero attached hydrogens (tertiary/aromatic N) is 4. The zero-order chi connectivity index (χ0) is 19.4. The van der Waals surface area contributed by atoms with E-state index in [1.165, 1.54) is 42.7 Å². The zero-order valence-corrected chi connectivity index (χ0v) is 15.6. The zero-order valence-electron chi connectivity index (χ0n) is 13.2. The predicted molar refractivity (Wildman–Crippen MR) is 98.1 cm³/mol. The van der Waals surface area contributed by atoms with Crippen molar-refractivity contribution in [2.24, 2.45) is 0 Å². The molecule has 3 rings (SSSR count). The Morgan fingerprint density at radius 2 is 1.89 bits per heavy atom. The maximum Gasteiger partial charge on any atom is 0.263 e. The predicted octanol–water partition coefficient (Wildman–Crippen LogP) is 3.53. The first kappa shape index (κ1) is 18.6. The lowest BCUT2D eigenvalue weighted by atomic mass is 10.2. The normalized spacial score (nSPS) is 10.6. The highest BCUT2D eigenvalue weighted by atomic mass is 35.5. The van der Waals surface area contributed by atoms with Crippen molar-refractivity contribution in [1.82, 2.24) is 9.36 Å². The number of aromatic nitrogens is 2. The lowest BCUT2D eigenvalue weighted by molar-refractivity contribution is 0.480. The Hall–Kier alpha value is -3.18. The standard InChI is InChI=1S/C16H8ClN5O3S2/c17-14-6-12(2-1-10(14)7-18)25-15-4-3-13(5-11(15)8-19)27(23,24)22-16-20-9-21-26-16/h1-6,9H,(H,20,21,22). The molecule has 0 aliphatic rings. The molecule has 0 aliphatic carbocycles. The van der Waals surface area contributed by atoms with Crippen LogP contribution in [-0.4, -0.2) is 17.8 Å². The molecular weight excluding hydrogens is 410 g/mol. The minimum Gasteiger partial charge on any atom is -0.456 e. The molecule has 0 spiro atoms. The van der Waals surface area contributed by atoms with Crippen LogP contribution in [0.3, 0.4) is 0 Å². The number of anilines is 1. The second-order valence-corrected chi connectivity index (χ2v) is 7.85. The Morgan fingerprint density at radius 1 is 1.11 bits per heavy atom. The highest BCUT2D eigenvalue weighted by Gasteiger charge is 2.18. The monoisotopic (exact) mass is 417 g/mol. The van der Waals surface area contributed by atoms with E-state index >= 15 is 0 Å². The molecule has 0 unspecified atom stereocenters. The highest BCUT2D eigenvalue weighted by molar-refractivity contribution is 7.93. The van der Waals surface area contributed by atoms with Gasteiger partial charge in [-0.25, -0.2) is 13.4 Å². The van der Waals surface area contributed by atoms with Crippen LogP contribution in [0.15, 0.2) is 47.6 Å². The molecule has 1 N–H and O–H groups in total. The second kappa shape index (κ2) is 7.60. The molecule has 0 aliphatic heterocycles. The molecule has 0 saturated heterocycles. The number of halogens is 1. The van der Waals surface area contributed by atoms with Crippen molar-refractivity contribution in [1.29, 1.82) is 10.5 Å². The SMILES string of the molecule is N#Cc1ccc(Oc2ccc(S(=O)(=O)Nc3ncns3)cc2C#N)cc1Cl. The van der Waals surface area contributed by atoms with Crippen molar-refractivity contribution in [3.63, 3.8) is 0 Å². The van der Waals surface area contributed by atoms with E-state index in [-0.39, 0.29) is 31.9 Å². The Bertz CT molecular complexity index is 1180. The van der Waals surface area contributed by atoms with Crippen molar-refractivity contribution in [3.8, 4) is 23.6 Å². The maximum atomic E-state index is 12.4. The van der Waals surface area contributed by atoms with E-state index in [1.807, 2.05) is 12.1 Å². The molecule has 11 heteroatoms. The number of hydrogen-bond acceptors (Lipinski definition) is 8. The number of ether oxygens (including phenoxy) is 1. The van der Waals surface area contributed by atoms with Gasteiger partial charge in [0.05, 0.1) is 21.0 Å². The summed E-state index contributed by atoms with van der Waals surface area (Å²) in [6.45, 7) is 0. The summed E-state index contributed by atoms with van der Waals surface area (Å²) in [5, 5.41) is 18.6. The third kappa shape index (κ3) is 4.15. The van der Waals surface area contributed by atoms with Crippen LogP contribution < -0.4 is 9.46 Å². The van der Waals surface area contributed by atoms with Gasteiger partial charge in [0, 0.05) is 17.6 Å². The molecule has 27 heavy (non-hydrogen) atoms. The summed E-state index contributed by atoms with van der Waals surface area (Å²) in [5.41, 5.74) is 0.296. The average molecular weight is 418 g/mol. The summed E-state index contributed by atoms with van der Waals surface area (Å²) in [5.74, 6) is 0.450. The third-order valence-corrected chi connectivity index (χ3v) is 5.61. The second-order valence-electron chi connectivity index (χ2n) is 4.98. The van der Waals surface area contributed by atoms with Gasteiger partial charge in [0.2, 0.25) is 5.13 Å². The van der Waals surface area contributed by atoms with Gasteiger partial charge in [0.1, 0.15) is 30.0 Å². The molecule has 0 bridgehead atoms. The molecule has 2 aromatic carbocycles. The Kier molecular flexibility index (Phi) is 5.23. The fraction of sp³-hybridized carbons (Fsp3) is 0. The topological polar surface area (TPSA) is 129 Å². The fourth-order valence-corrected chi connectivity index (χ4v) is 3.92. The first-order valence-electron chi connectivity index (χ1n) is 7.14. The molecule has 0 saturated carbocycles. The van der Waals surface area contributed by atoms with Crippen molar-refractivity contribution >= 4 is 38.3 Å². The molecule has 1 aromatic heterocycles. The number of nitrogens with one attached hydrogen (secondary N) is 1. The van der Waals surface area contributed by atoms with Crippen LogP contribution >= 0.6 is 23.1 Å². The Morgan fingerprint density at radius 3 is 2.52 bits per heavy atom. The Labute approximate surface area is 163 Å². The molecular formula is C16H8ClN5O3S2. The van der Waals surface area contributed by atoms with E-state index < -0.39 is 10.0 Å². The van der Waals surface area contributed by atoms with Gasteiger partial charge < -0.3 is 4.74 Å². The van der Waals surface area contributed by atoms with Gasteiger partial charge in [-0.1, -0.05) is 11.6 Å². The minimum absolute atomic E-state index is 0.00983. The first-order valence-corrected chi connectivity index (χ1v) is 9.77. The number of hydrogen-bond donors (Lipinski definition) is 1. The van der Waals surface area contributed by atoms with Crippen LogP contribution in [0.1, 0.15) is 11.1 Å². The largest absolute Gasteiger partial charge is 0.456 e. The lowest BCUT2D eigenvalue weighted by Crippen LogP contribution is -2.13. The summed E-state index contributed by atoms with van der Waals surface area (Å²) in [6.07, 6.45) is 1.23. The van der Waals surface area contributed by atoms with E-state index in [9.17, 15) is 13.7 Å². The molecule has 0 amide bonds. The molecule has 0 fully saturated rings. The highest BCUT2D eigenvalue weighted by Crippen LogP contribution is 2.30. The Balaban J connectivity index is 1.90.